The molecule has 0 spiro atoms. The van der Waals surface area contributed by atoms with E-state index in [1.807, 2.05) is 28.9 Å². The number of aldehydes is 1. The molecule has 0 aliphatic heterocycles. The van der Waals surface area contributed by atoms with Crippen molar-refractivity contribution in [3.8, 4) is 11.3 Å². The summed E-state index contributed by atoms with van der Waals surface area (Å²) in [5.74, 6) is 0.226. The van der Waals surface area contributed by atoms with Crippen molar-refractivity contribution in [1.82, 2.24) is 9.61 Å². The SMILES string of the molecule is O=CC=Cc1c(-c2ccc(F)cc2)nn2cccc2c1C1CC1. The summed E-state index contributed by atoms with van der Waals surface area (Å²) in [5.41, 5.74) is 4.87. The molecule has 2 aromatic heterocycles. The van der Waals surface area contributed by atoms with E-state index >= 15 is 0 Å². The van der Waals surface area contributed by atoms with Crippen LogP contribution in [0, 0.1) is 5.82 Å². The highest BCUT2D eigenvalue weighted by Gasteiger charge is 2.30. The number of carbonyl (C=O) groups excluding carboxylic acids is 1. The Morgan fingerprint density at radius 1 is 1.17 bits per heavy atom. The molecule has 0 atom stereocenters. The largest absolute Gasteiger partial charge is 0.299 e. The van der Waals surface area contributed by atoms with Crippen LogP contribution in [0.3, 0.4) is 0 Å². The summed E-state index contributed by atoms with van der Waals surface area (Å²) < 4.78 is 15.1. The van der Waals surface area contributed by atoms with Gasteiger partial charge in [0.25, 0.3) is 0 Å². The Labute approximate surface area is 133 Å². The number of nitrogens with zero attached hydrogens (tertiary/aromatic N) is 2. The van der Waals surface area contributed by atoms with Crippen molar-refractivity contribution >= 4 is 17.9 Å². The smallest absolute Gasteiger partial charge is 0.142 e. The Morgan fingerprint density at radius 3 is 2.65 bits per heavy atom. The zero-order chi connectivity index (χ0) is 15.8. The summed E-state index contributed by atoms with van der Waals surface area (Å²) >= 11 is 0. The summed E-state index contributed by atoms with van der Waals surface area (Å²) in [5, 5.41) is 4.69. The fourth-order valence-electron chi connectivity index (χ4n) is 3.03. The van der Waals surface area contributed by atoms with Crippen LogP contribution in [0.5, 0.6) is 0 Å². The fraction of sp³-hybridized carbons (Fsp3) is 0.158. The summed E-state index contributed by atoms with van der Waals surface area (Å²) in [6.45, 7) is 0. The Morgan fingerprint density at radius 2 is 1.96 bits per heavy atom. The van der Waals surface area contributed by atoms with Gasteiger partial charge in [-0.15, -0.1) is 0 Å². The molecule has 4 heteroatoms. The van der Waals surface area contributed by atoms with Crippen molar-refractivity contribution in [3.63, 3.8) is 0 Å². The molecule has 1 aliphatic carbocycles. The Hall–Kier alpha value is -2.75. The molecule has 0 saturated heterocycles. The molecule has 0 amide bonds. The first-order valence-corrected chi connectivity index (χ1v) is 7.67. The lowest BCUT2D eigenvalue weighted by Crippen LogP contribution is -2.02. The van der Waals surface area contributed by atoms with Crippen LogP contribution in [-0.2, 0) is 4.79 Å². The second kappa shape index (κ2) is 5.47. The number of benzene rings is 1. The molecule has 1 aromatic carbocycles. The second-order valence-corrected chi connectivity index (χ2v) is 5.79. The van der Waals surface area contributed by atoms with E-state index in [0.29, 0.717) is 5.92 Å². The van der Waals surface area contributed by atoms with Crippen molar-refractivity contribution in [2.45, 2.75) is 18.8 Å². The maximum absolute atomic E-state index is 13.2. The monoisotopic (exact) mass is 306 g/mol. The molecule has 1 fully saturated rings. The van der Waals surface area contributed by atoms with Crippen LogP contribution in [0.2, 0.25) is 0 Å². The highest BCUT2D eigenvalue weighted by atomic mass is 19.1. The molecular formula is C19H15FN2O. The lowest BCUT2D eigenvalue weighted by atomic mass is 9.97. The van der Waals surface area contributed by atoms with Crippen LogP contribution < -0.4 is 0 Å². The van der Waals surface area contributed by atoms with Crippen molar-refractivity contribution in [3.05, 3.63) is 65.6 Å². The molecule has 4 rings (SSSR count). The van der Waals surface area contributed by atoms with Gasteiger partial charge in [-0.25, -0.2) is 8.91 Å². The first kappa shape index (κ1) is 13.9. The third-order valence-corrected chi connectivity index (χ3v) is 4.20. The molecular weight excluding hydrogens is 291 g/mol. The van der Waals surface area contributed by atoms with Crippen LogP contribution in [-0.4, -0.2) is 15.9 Å². The van der Waals surface area contributed by atoms with E-state index in [1.165, 1.54) is 23.8 Å². The normalized spacial score (nSPS) is 14.7. The molecule has 114 valence electrons. The molecule has 0 bridgehead atoms. The molecule has 2 heterocycles. The van der Waals surface area contributed by atoms with Gasteiger partial charge in [-0.2, -0.15) is 5.10 Å². The van der Waals surface area contributed by atoms with E-state index in [1.54, 1.807) is 12.1 Å². The Balaban J connectivity index is 2.02. The maximum Gasteiger partial charge on any atom is 0.142 e. The minimum atomic E-state index is -0.275. The second-order valence-electron chi connectivity index (χ2n) is 5.79. The van der Waals surface area contributed by atoms with E-state index in [2.05, 4.69) is 5.10 Å². The molecule has 0 radical (unpaired) electrons. The van der Waals surface area contributed by atoms with E-state index in [4.69, 9.17) is 0 Å². The summed E-state index contributed by atoms with van der Waals surface area (Å²) in [6.07, 6.45) is 8.30. The number of fused-ring (bicyclic) bond motifs is 1. The summed E-state index contributed by atoms with van der Waals surface area (Å²) in [4.78, 5) is 10.8. The van der Waals surface area contributed by atoms with Crippen molar-refractivity contribution < 1.29 is 9.18 Å². The molecule has 0 unspecified atom stereocenters. The predicted molar refractivity (Wildman–Crippen MR) is 87.7 cm³/mol. The van der Waals surface area contributed by atoms with Gasteiger partial charge in [-0.05, 0) is 72.9 Å². The lowest BCUT2D eigenvalue weighted by Gasteiger charge is -2.13. The third-order valence-electron chi connectivity index (χ3n) is 4.20. The fourth-order valence-corrected chi connectivity index (χ4v) is 3.03. The van der Waals surface area contributed by atoms with Gasteiger partial charge in [0.15, 0.2) is 0 Å². The van der Waals surface area contributed by atoms with Crippen LogP contribution in [0.1, 0.15) is 29.9 Å². The zero-order valence-corrected chi connectivity index (χ0v) is 12.4. The third kappa shape index (κ3) is 2.46. The first-order chi connectivity index (χ1) is 11.3. The molecule has 1 aliphatic rings. The number of rotatable bonds is 4. The number of allylic oxidation sites excluding steroid dienone is 1. The van der Waals surface area contributed by atoms with Gasteiger partial charge in [-0.1, -0.05) is 0 Å². The predicted octanol–water partition coefficient (Wildman–Crippen LogP) is 4.23. The van der Waals surface area contributed by atoms with E-state index in [0.717, 1.165) is 41.5 Å². The van der Waals surface area contributed by atoms with Gasteiger partial charge >= 0.3 is 0 Å². The Kier molecular flexibility index (Phi) is 3.30. The van der Waals surface area contributed by atoms with E-state index in [9.17, 15) is 9.18 Å². The van der Waals surface area contributed by atoms with Gasteiger partial charge in [0.05, 0.1) is 11.2 Å². The van der Waals surface area contributed by atoms with Gasteiger partial charge in [0.1, 0.15) is 12.1 Å². The highest BCUT2D eigenvalue weighted by Crippen LogP contribution is 2.45. The van der Waals surface area contributed by atoms with E-state index < -0.39 is 0 Å². The van der Waals surface area contributed by atoms with Crippen molar-refractivity contribution in [2.24, 2.45) is 0 Å². The first-order valence-electron chi connectivity index (χ1n) is 7.67. The van der Waals surface area contributed by atoms with Crippen molar-refractivity contribution in [2.75, 3.05) is 0 Å². The average molecular weight is 306 g/mol. The van der Waals surface area contributed by atoms with Crippen LogP contribution in [0.4, 0.5) is 4.39 Å². The van der Waals surface area contributed by atoms with Crippen LogP contribution >= 0.6 is 0 Å². The van der Waals surface area contributed by atoms with E-state index in [-0.39, 0.29) is 5.82 Å². The minimum absolute atomic E-state index is 0.275. The number of halogens is 1. The molecule has 3 nitrogen and oxygen atoms in total. The zero-order valence-electron chi connectivity index (χ0n) is 12.4. The van der Waals surface area contributed by atoms with Crippen LogP contribution in [0.15, 0.2) is 48.7 Å². The highest BCUT2D eigenvalue weighted by molar-refractivity contribution is 5.84. The number of carbonyl (C=O) groups is 1. The van der Waals surface area contributed by atoms with Crippen LogP contribution in [0.25, 0.3) is 22.9 Å². The maximum atomic E-state index is 13.2. The summed E-state index contributed by atoms with van der Waals surface area (Å²) in [6, 6.07) is 10.3. The molecule has 3 aromatic rings. The number of aromatic nitrogens is 2. The quantitative estimate of drug-likeness (QED) is 0.534. The van der Waals surface area contributed by atoms with Crippen molar-refractivity contribution in [1.29, 1.82) is 0 Å². The topological polar surface area (TPSA) is 34.4 Å². The lowest BCUT2D eigenvalue weighted by molar-refractivity contribution is -0.104. The van der Waals surface area contributed by atoms with Gasteiger partial charge in [0, 0.05) is 17.3 Å². The molecule has 1 saturated carbocycles. The summed E-state index contributed by atoms with van der Waals surface area (Å²) in [7, 11) is 0. The van der Waals surface area contributed by atoms with Gasteiger partial charge in [-0.3, -0.25) is 4.79 Å². The standard InChI is InChI=1S/C19H15FN2O/c20-15-9-7-14(8-10-15)19-16(3-2-12-23)18(13-5-6-13)17-4-1-11-22(17)21-19/h1-4,7-13H,5-6H2. The minimum Gasteiger partial charge on any atom is -0.299 e. The van der Waals surface area contributed by atoms with Gasteiger partial charge in [0.2, 0.25) is 0 Å². The molecule has 0 N–H and O–H groups in total. The molecule has 23 heavy (non-hydrogen) atoms. The Bertz CT molecular complexity index is 905. The van der Waals surface area contributed by atoms with Gasteiger partial charge < -0.3 is 0 Å². The number of hydrogen-bond acceptors (Lipinski definition) is 2. The average Bonchev–Trinajstić information content (AvgIpc) is 3.29. The number of hydrogen-bond donors (Lipinski definition) is 0.